The van der Waals surface area contributed by atoms with E-state index >= 15 is 0 Å². The Balaban J connectivity index is 1.37. The van der Waals surface area contributed by atoms with E-state index in [2.05, 4.69) is 25.6 Å². The first-order valence-corrected chi connectivity index (χ1v) is 10.4. The molecule has 9 nitrogen and oxygen atoms in total. The molecular weight excluding hydrogens is 427 g/mol. The van der Waals surface area contributed by atoms with Crippen LogP contribution in [0.15, 0.2) is 24.7 Å². The molecule has 5 rings (SSSR count). The van der Waals surface area contributed by atoms with Crippen molar-refractivity contribution in [3.05, 3.63) is 24.7 Å². The summed E-state index contributed by atoms with van der Waals surface area (Å²) in [5.74, 6) is 0.322. The number of pyridine rings is 1. The average Bonchev–Trinajstić information content (AvgIpc) is 3.12. The minimum atomic E-state index is -4.40. The molecule has 3 aromatic heterocycles. The summed E-state index contributed by atoms with van der Waals surface area (Å²) in [5.41, 5.74) is 1.48. The van der Waals surface area contributed by atoms with Crippen LogP contribution in [0.1, 0.15) is 19.3 Å². The van der Waals surface area contributed by atoms with Gasteiger partial charge in [0.15, 0.2) is 0 Å². The summed E-state index contributed by atoms with van der Waals surface area (Å²) in [4.78, 5) is 19.2. The number of carbonyl (C=O) groups is 1. The second kappa shape index (κ2) is 8.08. The van der Waals surface area contributed by atoms with Crippen LogP contribution in [0.2, 0.25) is 0 Å². The highest BCUT2D eigenvalue weighted by Gasteiger charge is 2.35. The number of urea groups is 1. The molecule has 12 heteroatoms. The molecule has 2 amide bonds. The molecule has 1 saturated carbocycles. The quantitative estimate of drug-likeness (QED) is 0.601. The molecule has 1 aliphatic heterocycles. The van der Waals surface area contributed by atoms with Crippen molar-refractivity contribution in [2.45, 2.75) is 38.0 Å². The third kappa shape index (κ3) is 4.40. The Kier molecular flexibility index (Phi) is 5.24. The number of hydrogen-bond acceptors (Lipinski definition) is 5. The normalized spacial score (nSPS) is 18.9. The molecule has 32 heavy (non-hydrogen) atoms. The van der Waals surface area contributed by atoms with Gasteiger partial charge in [-0.2, -0.15) is 23.4 Å². The molecule has 2 aliphatic rings. The Morgan fingerprint density at radius 3 is 2.84 bits per heavy atom. The zero-order chi connectivity index (χ0) is 22.3. The lowest BCUT2D eigenvalue weighted by atomic mass is 10.1. The van der Waals surface area contributed by atoms with Crippen LogP contribution >= 0.6 is 0 Å². The highest BCUT2D eigenvalue weighted by molar-refractivity contribution is 5.94. The van der Waals surface area contributed by atoms with Crippen LogP contribution in [0.5, 0.6) is 0 Å². The molecule has 2 fully saturated rings. The molecule has 1 atom stereocenters. The number of nitrogens with zero attached hydrogens (tertiary/aromatic N) is 5. The van der Waals surface area contributed by atoms with Gasteiger partial charge in [0, 0.05) is 36.7 Å². The molecule has 0 spiro atoms. The van der Waals surface area contributed by atoms with Crippen LogP contribution in [0.4, 0.5) is 23.7 Å². The van der Waals surface area contributed by atoms with E-state index < -0.39 is 12.7 Å². The zero-order valence-corrected chi connectivity index (χ0v) is 17.1. The fourth-order valence-corrected chi connectivity index (χ4v) is 3.96. The van der Waals surface area contributed by atoms with Gasteiger partial charge >= 0.3 is 12.2 Å². The Morgan fingerprint density at radius 1 is 1.28 bits per heavy atom. The summed E-state index contributed by atoms with van der Waals surface area (Å²) in [5, 5.41) is 14.0. The van der Waals surface area contributed by atoms with Crippen molar-refractivity contribution in [2.24, 2.45) is 5.92 Å². The van der Waals surface area contributed by atoms with E-state index in [1.54, 1.807) is 0 Å². The molecule has 0 aromatic carbocycles. The van der Waals surface area contributed by atoms with Crippen molar-refractivity contribution < 1.29 is 22.7 Å². The Hall–Kier alpha value is -3.15. The standard InChI is InChI=1S/C20H22F3N7O2/c21-20(22,23)11-30-17-5-15(24-6-13(17)7-26-30)18-16(8-25-28-18)27-19(31)29(14-1-2-14)9-12-3-4-32-10-12/h5-8,12,14H,1-4,9-11H2,(H,25,28)(H,27,31). The average molecular weight is 449 g/mol. The first-order chi connectivity index (χ1) is 15.4. The third-order valence-corrected chi connectivity index (χ3v) is 5.72. The number of fused-ring (bicyclic) bond motifs is 1. The van der Waals surface area contributed by atoms with Crippen molar-refractivity contribution in [3.8, 4) is 11.4 Å². The molecule has 0 radical (unpaired) electrons. The number of anilines is 1. The predicted molar refractivity (Wildman–Crippen MR) is 109 cm³/mol. The summed E-state index contributed by atoms with van der Waals surface area (Å²) in [6.45, 7) is 0.803. The number of rotatable bonds is 6. The predicted octanol–water partition coefficient (Wildman–Crippen LogP) is 3.42. The summed E-state index contributed by atoms with van der Waals surface area (Å²) in [7, 11) is 0. The molecular formula is C20H22F3N7O2. The molecule has 4 heterocycles. The Morgan fingerprint density at radius 2 is 2.12 bits per heavy atom. The lowest BCUT2D eigenvalue weighted by Gasteiger charge is -2.25. The molecule has 3 aromatic rings. The van der Waals surface area contributed by atoms with Gasteiger partial charge in [-0.25, -0.2) is 4.79 Å². The number of aromatic amines is 1. The SMILES string of the molecule is O=C(Nc1cn[nH]c1-c1cc2c(cn1)cnn2CC(F)(F)F)N(CC1CCOC1)C1CC1. The summed E-state index contributed by atoms with van der Waals surface area (Å²) in [6.07, 6.45) is 2.74. The van der Waals surface area contributed by atoms with Gasteiger partial charge in [0.2, 0.25) is 0 Å². The van der Waals surface area contributed by atoms with Gasteiger partial charge in [-0.05, 0) is 25.3 Å². The summed E-state index contributed by atoms with van der Waals surface area (Å²) < 4.78 is 44.9. The first kappa shape index (κ1) is 20.7. The van der Waals surface area contributed by atoms with Gasteiger partial charge < -0.3 is 15.0 Å². The first-order valence-electron chi connectivity index (χ1n) is 10.4. The van der Waals surface area contributed by atoms with Gasteiger partial charge in [-0.15, -0.1) is 0 Å². The monoisotopic (exact) mass is 449 g/mol. The van der Waals surface area contributed by atoms with E-state index in [1.165, 1.54) is 24.7 Å². The summed E-state index contributed by atoms with van der Waals surface area (Å²) >= 11 is 0. The maximum absolute atomic E-state index is 13.0. The van der Waals surface area contributed by atoms with E-state index in [9.17, 15) is 18.0 Å². The fourth-order valence-electron chi connectivity index (χ4n) is 3.96. The Labute approximate surface area is 180 Å². The molecule has 0 bridgehead atoms. The molecule has 1 aliphatic carbocycles. The number of ether oxygens (including phenoxy) is 1. The van der Waals surface area contributed by atoms with Crippen molar-refractivity contribution in [2.75, 3.05) is 25.1 Å². The van der Waals surface area contributed by atoms with E-state index in [-0.39, 0.29) is 12.1 Å². The second-order valence-electron chi connectivity index (χ2n) is 8.25. The lowest BCUT2D eigenvalue weighted by molar-refractivity contribution is -0.141. The molecule has 2 N–H and O–H groups in total. The van der Waals surface area contributed by atoms with E-state index in [4.69, 9.17) is 4.74 Å². The lowest BCUT2D eigenvalue weighted by Crippen LogP contribution is -2.40. The molecule has 1 unspecified atom stereocenters. The van der Waals surface area contributed by atoms with Gasteiger partial charge in [0.1, 0.15) is 12.2 Å². The molecule has 170 valence electrons. The maximum Gasteiger partial charge on any atom is 0.408 e. The number of alkyl halides is 3. The highest BCUT2D eigenvalue weighted by atomic mass is 19.4. The van der Waals surface area contributed by atoms with Crippen LogP contribution < -0.4 is 5.32 Å². The number of carbonyl (C=O) groups excluding carboxylic acids is 1. The Bertz CT molecular complexity index is 1120. The number of nitrogens with one attached hydrogen (secondary N) is 2. The van der Waals surface area contributed by atoms with Gasteiger partial charge in [0.05, 0.1) is 35.9 Å². The van der Waals surface area contributed by atoms with Crippen LogP contribution in [-0.4, -0.2) is 67.9 Å². The van der Waals surface area contributed by atoms with E-state index in [0.717, 1.165) is 30.6 Å². The third-order valence-electron chi connectivity index (χ3n) is 5.72. The zero-order valence-electron chi connectivity index (χ0n) is 17.1. The van der Waals surface area contributed by atoms with Crippen molar-refractivity contribution in [1.82, 2.24) is 29.9 Å². The topological polar surface area (TPSA) is 101 Å². The van der Waals surface area contributed by atoms with Crippen molar-refractivity contribution in [1.29, 1.82) is 0 Å². The highest BCUT2D eigenvalue weighted by Crippen LogP contribution is 2.31. The second-order valence-corrected chi connectivity index (χ2v) is 8.25. The van der Waals surface area contributed by atoms with E-state index in [1.807, 2.05) is 4.90 Å². The largest absolute Gasteiger partial charge is 0.408 e. The minimum Gasteiger partial charge on any atom is -0.381 e. The maximum atomic E-state index is 13.0. The van der Waals surface area contributed by atoms with Crippen molar-refractivity contribution >= 4 is 22.6 Å². The van der Waals surface area contributed by atoms with Crippen LogP contribution in [0, 0.1) is 5.92 Å². The number of aromatic nitrogens is 5. The van der Waals surface area contributed by atoms with Gasteiger partial charge in [0.25, 0.3) is 0 Å². The number of hydrogen-bond donors (Lipinski definition) is 2. The van der Waals surface area contributed by atoms with E-state index in [0.29, 0.717) is 47.0 Å². The van der Waals surface area contributed by atoms with Gasteiger partial charge in [-0.1, -0.05) is 0 Å². The molecule has 1 saturated heterocycles. The number of H-pyrrole nitrogens is 1. The van der Waals surface area contributed by atoms with Gasteiger partial charge in [-0.3, -0.25) is 14.8 Å². The van der Waals surface area contributed by atoms with Crippen LogP contribution in [0.25, 0.3) is 22.3 Å². The van der Waals surface area contributed by atoms with Crippen LogP contribution in [-0.2, 0) is 11.3 Å². The van der Waals surface area contributed by atoms with Crippen LogP contribution in [0.3, 0.4) is 0 Å². The fraction of sp³-hybridized carbons (Fsp3) is 0.500. The van der Waals surface area contributed by atoms with Crippen molar-refractivity contribution in [3.63, 3.8) is 0 Å². The minimum absolute atomic E-state index is 0.220. The smallest absolute Gasteiger partial charge is 0.381 e. The number of halogens is 3. The summed E-state index contributed by atoms with van der Waals surface area (Å²) in [6, 6.07) is 1.49. The number of amides is 2.